The number of nitrogens with one attached hydrogen (secondary N) is 1. The van der Waals surface area contributed by atoms with Crippen molar-refractivity contribution in [3.63, 3.8) is 0 Å². The molecule has 182 valence electrons. The van der Waals surface area contributed by atoms with E-state index < -0.39 is 41.0 Å². The van der Waals surface area contributed by atoms with Crippen LogP contribution < -0.4 is 5.32 Å². The summed E-state index contributed by atoms with van der Waals surface area (Å²) < 4.78 is 30.8. The molecule has 0 bridgehead atoms. The number of carboxylic acid groups (broad SMARTS) is 1. The molecular formula is C26H28Cl2F2N2O2. The van der Waals surface area contributed by atoms with Gasteiger partial charge in [0.05, 0.1) is 11.1 Å². The highest BCUT2D eigenvalue weighted by Gasteiger charge is 2.61. The molecule has 1 aliphatic rings. The smallest absolute Gasteiger partial charge is 0.321 e. The fraction of sp³-hybridized carbons (Fsp3) is 0.462. The van der Waals surface area contributed by atoms with Crippen molar-refractivity contribution in [3.8, 4) is 6.07 Å². The first-order valence-electron chi connectivity index (χ1n) is 11.4. The summed E-state index contributed by atoms with van der Waals surface area (Å²) in [4.78, 5) is 12.4. The molecule has 4 nitrogen and oxygen atoms in total. The summed E-state index contributed by atoms with van der Waals surface area (Å²) >= 11 is 12.0. The Morgan fingerprint density at radius 3 is 2.35 bits per heavy atom. The van der Waals surface area contributed by atoms with Gasteiger partial charge in [0.15, 0.2) is 0 Å². The Morgan fingerprint density at radius 1 is 1.18 bits per heavy atom. The van der Waals surface area contributed by atoms with E-state index in [9.17, 15) is 15.2 Å². The third-order valence-electron chi connectivity index (χ3n) is 7.79. The first-order valence-corrected chi connectivity index (χ1v) is 12.2. The fourth-order valence-corrected chi connectivity index (χ4v) is 5.89. The highest BCUT2D eigenvalue weighted by atomic mass is 35.5. The molecule has 0 unspecified atom stereocenters. The third-order valence-corrected chi connectivity index (χ3v) is 8.31. The summed E-state index contributed by atoms with van der Waals surface area (Å²) in [6.45, 7) is 6.13. The maximum Gasteiger partial charge on any atom is 0.321 e. The number of rotatable bonds is 8. The van der Waals surface area contributed by atoms with Crippen LogP contribution in [0.25, 0.3) is 0 Å². The van der Waals surface area contributed by atoms with Crippen LogP contribution in [0.2, 0.25) is 10.0 Å². The van der Waals surface area contributed by atoms with E-state index in [1.54, 1.807) is 0 Å². The minimum atomic E-state index is -1.73. The van der Waals surface area contributed by atoms with Crippen molar-refractivity contribution in [2.45, 2.75) is 69.9 Å². The van der Waals surface area contributed by atoms with Crippen LogP contribution in [0.4, 0.5) is 8.78 Å². The molecule has 1 heterocycles. The van der Waals surface area contributed by atoms with E-state index in [0.29, 0.717) is 6.42 Å². The second-order valence-electron chi connectivity index (χ2n) is 9.03. The van der Waals surface area contributed by atoms with E-state index in [4.69, 9.17) is 23.2 Å². The Balaban J connectivity index is 2.37. The van der Waals surface area contributed by atoms with Gasteiger partial charge in [-0.1, -0.05) is 81.4 Å². The molecule has 34 heavy (non-hydrogen) atoms. The zero-order valence-electron chi connectivity index (χ0n) is 19.3. The molecule has 0 aliphatic carbocycles. The van der Waals surface area contributed by atoms with Gasteiger partial charge in [-0.2, -0.15) is 5.26 Å². The monoisotopic (exact) mass is 508 g/mol. The van der Waals surface area contributed by atoms with Gasteiger partial charge < -0.3 is 5.11 Å². The first-order chi connectivity index (χ1) is 16.1. The summed E-state index contributed by atoms with van der Waals surface area (Å²) in [5.74, 6) is -4.05. The second-order valence-corrected chi connectivity index (χ2v) is 9.87. The SMILES string of the molecule is CCC(CC)(CC)C[C@@H]1N[C@@H](C(=O)O)[C@H](c2cccc(Cl)c2F)[C@@]1(C#N)c1ccc(Cl)cc1F. The van der Waals surface area contributed by atoms with Gasteiger partial charge in [0, 0.05) is 22.5 Å². The lowest BCUT2D eigenvalue weighted by Gasteiger charge is -2.40. The van der Waals surface area contributed by atoms with E-state index in [1.165, 1.54) is 30.3 Å². The Labute approximate surface area is 208 Å². The average Bonchev–Trinajstić information content (AvgIpc) is 3.14. The fourth-order valence-electron chi connectivity index (χ4n) is 5.55. The Hall–Kier alpha value is -2.20. The van der Waals surface area contributed by atoms with Gasteiger partial charge in [-0.3, -0.25) is 10.1 Å². The van der Waals surface area contributed by atoms with Crippen molar-refractivity contribution in [2.24, 2.45) is 5.41 Å². The number of carbonyl (C=O) groups is 1. The van der Waals surface area contributed by atoms with Gasteiger partial charge in [-0.15, -0.1) is 0 Å². The predicted octanol–water partition coefficient (Wildman–Crippen LogP) is 6.85. The molecule has 2 aromatic carbocycles. The molecule has 1 saturated heterocycles. The minimum absolute atomic E-state index is 0.0118. The molecule has 0 spiro atoms. The van der Waals surface area contributed by atoms with E-state index >= 15 is 8.78 Å². The van der Waals surface area contributed by atoms with Gasteiger partial charge in [0.1, 0.15) is 23.1 Å². The maximum atomic E-state index is 15.5. The molecular weight excluding hydrogens is 481 g/mol. The van der Waals surface area contributed by atoms with Gasteiger partial charge in [0.2, 0.25) is 0 Å². The van der Waals surface area contributed by atoms with Crippen LogP contribution >= 0.6 is 23.2 Å². The van der Waals surface area contributed by atoms with Crippen LogP contribution in [0.1, 0.15) is 63.5 Å². The van der Waals surface area contributed by atoms with Crippen LogP contribution in [0, 0.1) is 28.4 Å². The first kappa shape index (κ1) is 26.4. The van der Waals surface area contributed by atoms with E-state index in [2.05, 4.69) is 11.4 Å². The van der Waals surface area contributed by atoms with Crippen LogP contribution in [-0.4, -0.2) is 23.2 Å². The van der Waals surface area contributed by atoms with Crippen molar-refractivity contribution >= 4 is 29.2 Å². The zero-order chi connectivity index (χ0) is 25.3. The number of benzene rings is 2. The molecule has 4 atom stereocenters. The molecule has 0 amide bonds. The summed E-state index contributed by atoms with van der Waals surface area (Å²) in [6.07, 6.45) is 2.78. The third kappa shape index (κ3) is 4.30. The van der Waals surface area contributed by atoms with Crippen LogP contribution in [0.15, 0.2) is 36.4 Å². The normalized spacial score (nSPS) is 24.7. The number of nitriles is 1. The van der Waals surface area contributed by atoms with Crippen LogP contribution in [-0.2, 0) is 10.2 Å². The van der Waals surface area contributed by atoms with Gasteiger partial charge in [0.25, 0.3) is 0 Å². The lowest BCUT2D eigenvalue weighted by Crippen LogP contribution is -2.46. The number of nitrogens with zero attached hydrogens (tertiary/aromatic N) is 1. The van der Waals surface area contributed by atoms with E-state index in [1.807, 2.05) is 20.8 Å². The number of carboxylic acids is 1. The van der Waals surface area contributed by atoms with Gasteiger partial charge in [-0.05, 0) is 35.6 Å². The van der Waals surface area contributed by atoms with Crippen molar-refractivity contribution in [3.05, 3.63) is 69.2 Å². The number of aliphatic carboxylic acids is 1. The lowest BCUT2D eigenvalue weighted by atomic mass is 9.61. The molecule has 8 heteroatoms. The highest BCUT2D eigenvalue weighted by Crippen LogP contribution is 2.53. The highest BCUT2D eigenvalue weighted by molar-refractivity contribution is 6.31. The number of halogens is 4. The summed E-state index contributed by atoms with van der Waals surface area (Å²) in [5.41, 5.74) is -2.00. The van der Waals surface area contributed by atoms with Crippen LogP contribution in [0.5, 0.6) is 0 Å². The van der Waals surface area contributed by atoms with Crippen molar-refractivity contribution in [2.75, 3.05) is 0 Å². The zero-order valence-corrected chi connectivity index (χ0v) is 20.9. The molecule has 2 aromatic rings. The summed E-state index contributed by atoms with van der Waals surface area (Å²) in [5, 5.41) is 23.9. The Morgan fingerprint density at radius 2 is 1.82 bits per heavy atom. The molecule has 1 aliphatic heterocycles. The lowest BCUT2D eigenvalue weighted by molar-refractivity contribution is -0.139. The Bertz CT molecular complexity index is 1110. The molecule has 1 fully saturated rings. The predicted molar refractivity (Wildman–Crippen MR) is 129 cm³/mol. The van der Waals surface area contributed by atoms with Crippen molar-refractivity contribution in [1.29, 1.82) is 5.26 Å². The molecule has 2 N–H and O–H groups in total. The number of hydrogen-bond donors (Lipinski definition) is 2. The average molecular weight is 509 g/mol. The van der Waals surface area contributed by atoms with Crippen molar-refractivity contribution < 1.29 is 18.7 Å². The van der Waals surface area contributed by atoms with Crippen LogP contribution in [0.3, 0.4) is 0 Å². The molecule has 0 aromatic heterocycles. The van der Waals surface area contributed by atoms with Gasteiger partial charge >= 0.3 is 5.97 Å². The molecule has 0 saturated carbocycles. The largest absolute Gasteiger partial charge is 0.480 e. The molecule has 3 rings (SSSR count). The molecule has 0 radical (unpaired) electrons. The van der Waals surface area contributed by atoms with Gasteiger partial charge in [-0.25, -0.2) is 8.78 Å². The summed E-state index contributed by atoms with van der Waals surface area (Å²) in [6, 6.07) is 8.39. The Kier molecular flexibility index (Phi) is 7.92. The van der Waals surface area contributed by atoms with E-state index in [-0.39, 0.29) is 26.6 Å². The maximum absolute atomic E-state index is 15.5. The second kappa shape index (κ2) is 10.2. The standard InChI is InChI=1S/C26H28Cl2F2N2O2/c1-4-25(5-2,6-3)13-20-26(14-31,17-11-10-15(27)12-19(17)29)21(23(32-20)24(33)34)16-8-7-9-18(28)22(16)30/h7-12,20-21,23,32H,4-6,13H2,1-3H3,(H,33,34)/t20-,21-,23+,26-/m0/s1. The number of hydrogen-bond acceptors (Lipinski definition) is 3. The van der Waals surface area contributed by atoms with E-state index in [0.717, 1.165) is 25.3 Å². The topological polar surface area (TPSA) is 73.1 Å². The summed E-state index contributed by atoms with van der Waals surface area (Å²) in [7, 11) is 0. The minimum Gasteiger partial charge on any atom is -0.480 e. The quantitative estimate of drug-likeness (QED) is 0.408. The van der Waals surface area contributed by atoms with Crippen molar-refractivity contribution in [1.82, 2.24) is 5.32 Å².